The van der Waals surface area contributed by atoms with E-state index in [1.807, 2.05) is 18.2 Å². The van der Waals surface area contributed by atoms with Gasteiger partial charge in [0.15, 0.2) is 0 Å². The molecule has 1 atom stereocenters. The van der Waals surface area contributed by atoms with Crippen molar-refractivity contribution in [1.82, 2.24) is 0 Å². The second-order valence-electron chi connectivity index (χ2n) is 5.39. The zero-order valence-corrected chi connectivity index (χ0v) is 12.7. The molecule has 0 saturated heterocycles. The molecule has 3 heteroatoms. The molecule has 2 N–H and O–H groups in total. The molecule has 104 valence electrons. The maximum atomic E-state index is 6.34. The van der Waals surface area contributed by atoms with Crippen molar-refractivity contribution in [2.75, 3.05) is 0 Å². The lowest BCUT2D eigenvalue weighted by molar-refractivity contribution is 0.721. The van der Waals surface area contributed by atoms with Crippen LogP contribution in [-0.4, -0.2) is 0 Å². The lowest BCUT2D eigenvalue weighted by Crippen LogP contribution is -2.14. The summed E-state index contributed by atoms with van der Waals surface area (Å²) in [5.41, 5.74) is 11.4. The summed E-state index contributed by atoms with van der Waals surface area (Å²) in [4.78, 5) is 0. The van der Waals surface area contributed by atoms with Crippen molar-refractivity contribution in [3.63, 3.8) is 0 Å². The minimum absolute atomic E-state index is 0.0710. The SMILES string of the molecule is NC(Cc1c(Cl)cccc1Cl)c1ccc2c(c1)CCC2. The third kappa shape index (κ3) is 2.71. The highest BCUT2D eigenvalue weighted by atomic mass is 35.5. The van der Waals surface area contributed by atoms with Gasteiger partial charge < -0.3 is 5.73 Å². The average Bonchev–Trinajstić information content (AvgIpc) is 2.90. The molecule has 2 aromatic rings. The van der Waals surface area contributed by atoms with E-state index >= 15 is 0 Å². The summed E-state index contributed by atoms with van der Waals surface area (Å²) in [5, 5.41) is 1.38. The Morgan fingerprint density at radius 3 is 2.45 bits per heavy atom. The Morgan fingerprint density at radius 1 is 1.00 bits per heavy atom. The van der Waals surface area contributed by atoms with Crippen LogP contribution in [0.5, 0.6) is 0 Å². The molecule has 1 aliphatic rings. The van der Waals surface area contributed by atoms with E-state index in [9.17, 15) is 0 Å². The minimum atomic E-state index is -0.0710. The first-order valence-electron chi connectivity index (χ1n) is 6.95. The van der Waals surface area contributed by atoms with Crippen LogP contribution in [0.15, 0.2) is 36.4 Å². The number of rotatable bonds is 3. The minimum Gasteiger partial charge on any atom is -0.324 e. The van der Waals surface area contributed by atoms with Gasteiger partial charge >= 0.3 is 0 Å². The van der Waals surface area contributed by atoms with Gasteiger partial charge in [-0.1, -0.05) is 47.5 Å². The van der Waals surface area contributed by atoms with E-state index in [4.69, 9.17) is 28.9 Å². The lowest BCUT2D eigenvalue weighted by Gasteiger charge is -2.15. The fourth-order valence-electron chi connectivity index (χ4n) is 2.89. The normalized spacial score (nSPS) is 15.2. The number of nitrogens with two attached hydrogens (primary N) is 1. The van der Waals surface area contributed by atoms with E-state index in [0.717, 1.165) is 5.56 Å². The second-order valence-corrected chi connectivity index (χ2v) is 6.21. The second kappa shape index (κ2) is 5.77. The van der Waals surface area contributed by atoms with Gasteiger partial charge in [-0.15, -0.1) is 0 Å². The van der Waals surface area contributed by atoms with Crippen LogP contribution < -0.4 is 5.73 Å². The Bertz CT molecular complexity index is 617. The maximum Gasteiger partial charge on any atom is 0.0453 e. The smallest absolute Gasteiger partial charge is 0.0453 e. The van der Waals surface area contributed by atoms with E-state index < -0.39 is 0 Å². The molecule has 1 aliphatic carbocycles. The van der Waals surface area contributed by atoms with Gasteiger partial charge in [0.1, 0.15) is 0 Å². The van der Waals surface area contributed by atoms with Crippen molar-refractivity contribution in [3.05, 3.63) is 68.7 Å². The average molecular weight is 306 g/mol. The molecule has 2 aromatic carbocycles. The van der Waals surface area contributed by atoms with Gasteiger partial charge in [0, 0.05) is 16.1 Å². The molecule has 0 heterocycles. The summed E-state index contributed by atoms with van der Waals surface area (Å²) in [5.74, 6) is 0. The third-order valence-electron chi connectivity index (χ3n) is 4.04. The summed E-state index contributed by atoms with van der Waals surface area (Å²) in [6.45, 7) is 0. The topological polar surface area (TPSA) is 26.0 Å². The van der Waals surface area contributed by atoms with Crippen molar-refractivity contribution >= 4 is 23.2 Å². The van der Waals surface area contributed by atoms with Gasteiger partial charge in [0.05, 0.1) is 0 Å². The van der Waals surface area contributed by atoms with Crippen LogP contribution in [0.1, 0.15) is 34.7 Å². The molecule has 0 amide bonds. The first-order chi connectivity index (χ1) is 9.65. The van der Waals surface area contributed by atoms with Crippen LogP contribution in [0.4, 0.5) is 0 Å². The van der Waals surface area contributed by atoms with E-state index in [1.165, 1.54) is 36.0 Å². The number of benzene rings is 2. The monoisotopic (exact) mass is 305 g/mol. The first kappa shape index (κ1) is 13.9. The lowest BCUT2D eigenvalue weighted by atomic mass is 9.96. The third-order valence-corrected chi connectivity index (χ3v) is 4.74. The number of hydrogen-bond acceptors (Lipinski definition) is 1. The Labute approximate surface area is 129 Å². The largest absolute Gasteiger partial charge is 0.324 e. The molecule has 0 saturated carbocycles. The standard InChI is InChI=1S/C17H17Cl2N/c18-15-5-2-6-16(19)14(15)10-17(20)13-8-7-11-3-1-4-12(11)9-13/h2,5-9,17H,1,3-4,10,20H2. The van der Waals surface area contributed by atoms with Crippen LogP contribution in [-0.2, 0) is 19.3 Å². The van der Waals surface area contributed by atoms with Gasteiger partial charge in [-0.3, -0.25) is 0 Å². The van der Waals surface area contributed by atoms with Gasteiger partial charge in [-0.25, -0.2) is 0 Å². The van der Waals surface area contributed by atoms with E-state index in [2.05, 4.69) is 18.2 Å². The van der Waals surface area contributed by atoms with E-state index in [0.29, 0.717) is 16.5 Å². The summed E-state index contributed by atoms with van der Waals surface area (Å²) in [6, 6.07) is 12.1. The van der Waals surface area contributed by atoms with Crippen molar-refractivity contribution < 1.29 is 0 Å². The highest BCUT2D eigenvalue weighted by Crippen LogP contribution is 2.30. The van der Waals surface area contributed by atoms with Crippen LogP contribution in [0, 0.1) is 0 Å². The summed E-state index contributed by atoms with van der Waals surface area (Å²) in [7, 11) is 0. The van der Waals surface area contributed by atoms with Crippen molar-refractivity contribution in [1.29, 1.82) is 0 Å². The summed E-state index contributed by atoms with van der Waals surface area (Å²) >= 11 is 12.4. The number of halogens is 2. The van der Waals surface area contributed by atoms with Crippen LogP contribution in [0.2, 0.25) is 10.0 Å². The van der Waals surface area contributed by atoms with Gasteiger partial charge in [0.25, 0.3) is 0 Å². The van der Waals surface area contributed by atoms with E-state index in [1.54, 1.807) is 0 Å². The van der Waals surface area contributed by atoms with Crippen LogP contribution in [0.25, 0.3) is 0 Å². The summed E-state index contributed by atoms with van der Waals surface area (Å²) in [6.07, 6.45) is 4.28. The van der Waals surface area contributed by atoms with Gasteiger partial charge in [-0.2, -0.15) is 0 Å². The molecule has 1 nitrogen and oxygen atoms in total. The van der Waals surface area contributed by atoms with Crippen molar-refractivity contribution in [3.8, 4) is 0 Å². The van der Waals surface area contributed by atoms with E-state index in [-0.39, 0.29) is 6.04 Å². The fraction of sp³-hybridized carbons (Fsp3) is 0.294. The van der Waals surface area contributed by atoms with Gasteiger partial charge in [-0.05, 0) is 60.1 Å². The predicted molar refractivity (Wildman–Crippen MR) is 85.6 cm³/mol. The Morgan fingerprint density at radius 2 is 1.70 bits per heavy atom. The fourth-order valence-corrected chi connectivity index (χ4v) is 3.44. The quantitative estimate of drug-likeness (QED) is 0.872. The molecule has 0 aliphatic heterocycles. The maximum absolute atomic E-state index is 6.34. The number of hydrogen-bond donors (Lipinski definition) is 1. The Kier molecular flexibility index (Phi) is 4.02. The molecule has 3 rings (SSSR count). The first-order valence-corrected chi connectivity index (χ1v) is 7.71. The molecule has 0 bridgehead atoms. The molecule has 0 aromatic heterocycles. The van der Waals surface area contributed by atoms with Crippen molar-refractivity contribution in [2.24, 2.45) is 5.73 Å². The molecular weight excluding hydrogens is 289 g/mol. The number of fused-ring (bicyclic) bond motifs is 1. The molecule has 0 radical (unpaired) electrons. The Hall–Kier alpha value is -1.02. The zero-order valence-electron chi connectivity index (χ0n) is 11.2. The predicted octanol–water partition coefficient (Wildman–Crippen LogP) is 4.72. The molecule has 1 unspecified atom stereocenters. The van der Waals surface area contributed by atoms with Gasteiger partial charge in [0.2, 0.25) is 0 Å². The molecular formula is C17H17Cl2N. The number of aryl methyl sites for hydroxylation is 2. The van der Waals surface area contributed by atoms with Crippen LogP contribution >= 0.6 is 23.2 Å². The van der Waals surface area contributed by atoms with Crippen molar-refractivity contribution in [2.45, 2.75) is 31.7 Å². The molecule has 0 fully saturated rings. The highest BCUT2D eigenvalue weighted by Gasteiger charge is 2.16. The Balaban J connectivity index is 1.84. The highest BCUT2D eigenvalue weighted by molar-refractivity contribution is 6.36. The summed E-state index contributed by atoms with van der Waals surface area (Å²) < 4.78 is 0. The molecule has 20 heavy (non-hydrogen) atoms. The zero-order chi connectivity index (χ0) is 14.1. The van der Waals surface area contributed by atoms with Crippen LogP contribution in [0.3, 0.4) is 0 Å². The molecule has 0 spiro atoms.